The van der Waals surface area contributed by atoms with Crippen LogP contribution in [0.25, 0.3) is 0 Å². The second kappa shape index (κ2) is 8.75. The van der Waals surface area contributed by atoms with Gasteiger partial charge in [0.25, 0.3) is 5.91 Å². The highest BCUT2D eigenvalue weighted by atomic mass is 16.1. The van der Waals surface area contributed by atoms with Gasteiger partial charge in [-0.3, -0.25) is 4.79 Å². The molecule has 1 aromatic rings. The molecule has 0 radical (unpaired) electrons. The minimum Gasteiger partial charge on any atom is -0.350 e. The molecule has 1 rings (SSSR count). The Hall–Kier alpha value is -1.35. The average molecular weight is 276 g/mol. The SMILES string of the molecule is CCC(C)NC(=O)c1cccc(CNCCC(C)C)c1. The molecule has 0 spiro atoms. The third-order valence-corrected chi connectivity index (χ3v) is 3.41. The topological polar surface area (TPSA) is 41.1 Å². The van der Waals surface area contributed by atoms with Crippen molar-refractivity contribution in [2.24, 2.45) is 5.92 Å². The molecule has 1 aromatic carbocycles. The number of carbonyl (C=O) groups is 1. The lowest BCUT2D eigenvalue weighted by Gasteiger charge is -2.12. The van der Waals surface area contributed by atoms with Crippen LogP contribution in [0, 0.1) is 5.92 Å². The van der Waals surface area contributed by atoms with Gasteiger partial charge >= 0.3 is 0 Å². The zero-order chi connectivity index (χ0) is 15.0. The molecular formula is C17H28N2O. The van der Waals surface area contributed by atoms with Gasteiger partial charge in [0.15, 0.2) is 0 Å². The molecule has 0 aliphatic heterocycles. The lowest BCUT2D eigenvalue weighted by atomic mass is 10.1. The van der Waals surface area contributed by atoms with Gasteiger partial charge in [0.1, 0.15) is 0 Å². The maximum atomic E-state index is 12.1. The second-order valence-electron chi connectivity index (χ2n) is 5.84. The maximum absolute atomic E-state index is 12.1. The first-order valence-corrected chi connectivity index (χ1v) is 7.63. The lowest BCUT2D eigenvalue weighted by Crippen LogP contribution is -2.32. The van der Waals surface area contributed by atoms with Crippen LogP contribution in [0.15, 0.2) is 24.3 Å². The Morgan fingerprint density at radius 1 is 1.25 bits per heavy atom. The summed E-state index contributed by atoms with van der Waals surface area (Å²) in [6, 6.07) is 8.07. The number of amides is 1. The van der Waals surface area contributed by atoms with Gasteiger partial charge in [-0.2, -0.15) is 0 Å². The molecule has 1 amide bonds. The van der Waals surface area contributed by atoms with Gasteiger partial charge < -0.3 is 10.6 Å². The van der Waals surface area contributed by atoms with E-state index in [2.05, 4.69) is 37.5 Å². The van der Waals surface area contributed by atoms with Gasteiger partial charge in [-0.05, 0) is 49.9 Å². The molecule has 0 bridgehead atoms. The molecule has 0 heterocycles. The van der Waals surface area contributed by atoms with Gasteiger partial charge in [-0.15, -0.1) is 0 Å². The van der Waals surface area contributed by atoms with Gasteiger partial charge in [0.05, 0.1) is 0 Å². The fourth-order valence-electron chi connectivity index (χ4n) is 1.86. The highest BCUT2D eigenvalue weighted by molar-refractivity contribution is 5.94. The lowest BCUT2D eigenvalue weighted by molar-refractivity contribution is 0.0939. The van der Waals surface area contributed by atoms with Crippen molar-refractivity contribution in [1.82, 2.24) is 10.6 Å². The van der Waals surface area contributed by atoms with Crippen molar-refractivity contribution < 1.29 is 4.79 Å². The Morgan fingerprint density at radius 3 is 2.65 bits per heavy atom. The van der Waals surface area contributed by atoms with Crippen LogP contribution in [-0.4, -0.2) is 18.5 Å². The summed E-state index contributed by atoms with van der Waals surface area (Å²) in [5.74, 6) is 0.735. The summed E-state index contributed by atoms with van der Waals surface area (Å²) in [5, 5.41) is 6.42. The molecule has 0 aliphatic rings. The first-order valence-electron chi connectivity index (χ1n) is 7.63. The van der Waals surface area contributed by atoms with Gasteiger partial charge in [-0.1, -0.05) is 32.9 Å². The predicted molar refractivity (Wildman–Crippen MR) is 84.8 cm³/mol. The van der Waals surface area contributed by atoms with Crippen molar-refractivity contribution >= 4 is 5.91 Å². The van der Waals surface area contributed by atoms with E-state index in [-0.39, 0.29) is 11.9 Å². The van der Waals surface area contributed by atoms with Crippen LogP contribution < -0.4 is 10.6 Å². The van der Waals surface area contributed by atoms with Gasteiger partial charge in [-0.25, -0.2) is 0 Å². The van der Waals surface area contributed by atoms with Crippen LogP contribution in [-0.2, 0) is 6.54 Å². The van der Waals surface area contributed by atoms with Crippen molar-refractivity contribution in [2.75, 3.05) is 6.54 Å². The summed E-state index contributed by atoms with van der Waals surface area (Å²) in [6.07, 6.45) is 2.12. The molecule has 0 saturated heterocycles. The van der Waals surface area contributed by atoms with E-state index in [1.807, 2.05) is 25.1 Å². The van der Waals surface area contributed by atoms with Gasteiger partial charge in [0.2, 0.25) is 0 Å². The Balaban J connectivity index is 2.50. The molecule has 3 heteroatoms. The van der Waals surface area contributed by atoms with Crippen LogP contribution >= 0.6 is 0 Å². The monoisotopic (exact) mass is 276 g/mol. The number of hydrogen-bond donors (Lipinski definition) is 2. The first-order chi connectivity index (χ1) is 9.52. The third kappa shape index (κ3) is 6.20. The Labute approximate surface area is 123 Å². The van der Waals surface area contributed by atoms with E-state index >= 15 is 0 Å². The van der Waals surface area contributed by atoms with Crippen LogP contribution in [0.5, 0.6) is 0 Å². The third-order valence-electron chi connectivity index (χ3n) is 3.41. The zero-order valence-electron chi connectivity index (χ0n) is 13.2. The molecule has 112 valence electrons. The van der Waals surface area contributed by atoms with Crippen LogP contribution in [0.4, 0.5) is 0 Å². The van der Waals surface area contributed by atoms with Crippen LogP contribution in [0.3, 0.4) is 0 Å². The summed E-state index contributed by atoms with van der Waals surface area (Å²) < 4.78 is 0. The van der Waals surface area contributed by atoms with E-state index < -0.39 is 0 Å². The van der Waals surface area contributed by atoms with Crippen molar-refractivity contribution in [3.8, 4) is 0 Å². The highest BCUT2D eigenvalue weighted by Crippen LogP contribution is 2.06. The molecule has 1 atom stereocenters. The van der Waals surface area contributed by atoms with E-state index in [0.717, 1.165) is 36.6 Å². The number of carbonyl (C=O) groups excluding carboxylic acids is 1. The molecule has 2 N–H and O–H groups in total. The fraction of sp³-hybridized carbons (Fsp3) is 0.588. The summed E-state index contributed by atoms with van der Waals surface area (Å²) in [5.41, 5.74) is 1.90. The Kier molecular flexibility index (Phi) is 7.31. The number of rotatable bonds is 8. The number of hydrogen-bond acceptors (Lipinski definition) is 2. The Bertz CT molecular complexity index is 415. The highest BCUT2D eigenvalue weighted by Gasteiger charge is 2.08. The maximum Gasteiger partial charge on any atom is 0.251 e. The summed E-state index contributed by atoms with van der Waals surface area (Å²) in [6.45, 7) is 10.4. The predicted octanol–water partition coefficient (Wildman–Crippen LogP) is 3.35. The summed E-state index contributed by atoms with van der Waals surface area (Å²) in [7, 11) is 0. The van der Waals surface area contributed by atoms with Crippen molar-refractivity contribution in [1.29, 1.82) is 0 Å². The summed E-state index contributed by atoms with van der Waals surface area (Å²) >= 11 is 0. The van der Waals surface area contributed by atoms with E-state index in [0.29, 0.717) is 0 Å². The molecule has 3 nitrogen and oxygen atoms in total. The molecular weight excluding hydrogens is 248 g/mol. The average Bonchev–Trinajstić information content (AvgIpc) is 2.43. The number of nitrogens with one attached hydrogen (secondary N) is 2. The smallest absolute Gasteiger partial charge is 0.251 e. The fourth-order valence-corrected chi connectivity index (χ4v) is 1.86. The van der Waals surface area contributed by atoms with E-state index in [9.17, 15) is 4.79 Å². The van der Waals surface area contributed by atoms with Crippen LogP contribution in [0.1, 0.15) is 56.5 Å². The van der Waals surface area contributed by atoms with E-state index in [1.165, 1.54) is 6.42 Å². The van der Waals surface area contributed by atoms with E-state index in [1.54, 1.807) is 0 Å². The summed E-state index contributed by atoms with van der Waals surface area (Å²) in [4.78, 5) is 12.1. The Morgan fingerprint density at radius 2 is 2.00 bits per heavy atom. The standard InChI is InChI=1S/C17H28N2O/c1-5-14(4)19-17(20)16-8-6-7-15(11-16)12-18-10-9-13(2)3/h6-8,11,13-14,18H,5,9-10,12H2,1-4H3,(H,19,20). The van der Waals surface area contributed by atoms with Crippen LogP contribution in [0.2, 0.25) is 0 Å². The molecule has 1 unspecified atom stereocenters. The quantitative estimate of drug-likeness (QED) is 0.715. The molecule has 0 aliphatic carbocycles. The van der Waals surface area contributed by atoms with Gasteiger partial charge in [0, 0.05) is 18.2 Å². The largest absolute Gasteiger partial charge is 0.350 e. The molecule has 0 fully saturated rings. The minimum absolute atomic E-state index is 0.0170. The van der Waals surface area contributed by atoms with Crippen molar-refractivity contribution in [3.05, 3.63) is 35.4 Å². The molecule has 0 aromatic heterocycles. The minimum atomic E-state index is 0.0170. The second-order valence-corrected chi connectivity index (χ2v) is 5.84. The number of benzene rings is 1. The first kappa shape index (κ1) is 16.7. The normalized spacial score (nSPS) is 12.4. The van der Waals surface area contributed by atoms with E-state index in [4.69, 9.17) is 0 Å². The molecule has 0 saturated carbocycles. The zero-order valence-corrected chi connectivity index (χ0v) is 13.2. The molecule has 20 heavy (non-hydrogen) atoms. The van der Waals surface area contributed by atoms with Crippen molar-refractivity contribution in [2.45, 2.75) is 53.1 Å². The van der Waals surface area contributed by atoms with Crippen molar-refractivity contribution in [3.63, 3.8) is 0 Å².